The van der Waals surface area contributed by atoms with E-state index >= 15 is 0 Å². The number of rotatable bonds is 11. The summed E-state index contributed by atoms with van der Waals surface area (Å²) in [5.74, 6) is -0.833. The van der Waals surface area contributed by atoms with Gasteiger partial charge in [0.05, 0.1) is 11.1 Å². The van der Waals surface area contributed by atoms with Crippen LogP contribution in [-0.2, 0) is 11.3 Å². The monoisotopic (exact) mass is 387 g/mol. The van der Waals surface area contributed by atoms with Gasteiger partial charge in [-0.1, -0.05) is 70.4 Å². The molecule has 1 heterocycles. The molecule has 2 rings (SSSR count). The van der Waals surface area contributed by atoms with Gasteiger partial charge in [-0.3, -0.25) is 4.79 Å². The molecule has 0 saturated heterocycles. The number of nitrogens with two attached hydrogens (primary N) is 1. The van der Waals surface area contributed by atoms with Crippen molar-refractivity contribution < 1.29 is 14.5 Å². The molecule has 28 heavy (non-hydrogen) atoms. The van der Waals surface area contributed by atoms with Crippen LogP contribution in [0.2, 0.25) is 0 Å². The van der Waals surface area contributed by atoms with E-state index in [0.717, 1.165) is 19.2 Å². The lowest BCUT2D eigenvalue weighted by Crippen LogP contribution is -2.38. The van der Waals surface area contributed by atoms with Crippen molar-refractivity contribution in [1.29, 1.82) is 0 Å². The van der Waals surface area contributed by atoms with Crippen LogP contribution in [-0.4, -0.2) is 11.1 Å². The Labute approximate surface area is 170 Å². The maximum Gasteiger partial charge on any atom is 0.300 e. The van der Waals surface area contributed by atoms with Crippen LogP contribution in [0.25, 0.3) is 10.9 Å². The number of fused-ring (bicyclic) bond motifs is 1. The Morgan fingerprint density at radius 1 is 0.964 bits per heavy atom. The van der Waals surface area contributed by atoms with Gasteiger partial charge in [0.25, 0.3) is 5.97 Å². The second-order valence-electron chi connectivity index (χ2n) is 7.61. The lowest BCUT2D eigenvalue weighted by molar-refractivity contribution is -0.677. The maximum absolute atomic E-state index is 9.00. The Kier molecular flexibility index (Phi) is 11.9. The molecule has 0 bridgehead atoms. The highest BCUT2D eigenvalue weighted by Crippen LogP contribution is 2.19. The topological polar surface area (TPSA) is 67.2 Å². The third kappa shape index (κ3) is 9.20. The van der Waals surface area contributed by atoms with E-state index in [1.165, 1.54) is 80.8 Å². The quantitative estimate of drug-likeness (QED) is 0.365. The number of aryl methyl sites for hydroxylation is 2. The van der Waals surface area contributed by atoms with Crippen molar-refractivity contribution in [3.05, 3.63) is 36.0 Å². The molecule has 4 nitrogen and oxygen atoms in total. The summed E-state index contributed by atoms with van der Waals surface area (Å²) in [5.41, 5.74) is 9.59. The maximum atomic E-state index is 9.00. The Balaban J connectivity index is 0.000000892. The van der Waals surface area contributed by atoms with E-state index in [1.54, 1.807) is 0 Å². The van der Waals surface area contributed by atoms with Gasteiger partial charge in [0, 0.05) is 32.4 Å². The standard InChI is InChI=1S/C22H34N2.C2H4O2/c1-3-4-5-6-7-8-9-10-11-14-17-24-19(2)18-21(23)20-15-12-13-16-22(20)24;1-2(3)4/h12-13,15-16,18,23H,3-11,14,17H2,1-2H3;1H3,(H,3,4)/p+1. The molecular formula is C24H39N2O2+. The van der Waals surface area contributed by atoms with E-state index in [-0.39, 0.29) is 0 Å². The predicted molar refractivity (Wildman–Crippen MR) is 118 cm³/mol. The number of hydrogen-bond donors (Lipinski definition) is 2. The third-order valence-corrected chi connectivity index (χ3v) is 5.03. The van der Waals surface area contributed by atoms with Crippen molar-refractivity contribution in [2.45, 2.75) is 91.5 Å². The van der Waals surface area contributed by atoms with Gasteiger partial charge in [-0.05, 0) is 12.5 Å². The summed E-state index contributed by atoms with van der Waals surface area (Å²) in [6.07, 6.45) is 13.8. The number of aromatic nitrogens is 1. The largest absolute Gasteiger partial charge is 0.481 e. The van der Waals surface area contributed by atoms with E-state index in [1.807, 2.05) is 0 Å². The number of nitrogens with zero attached hydrogens (tertiary/aromatic N) is 1. The molecule has 1 aromatic carbocycles. The van der Waals surface area contributed by atoms with Crippen LogP contribution in [0, 0.1) is 6.92 Å². The predicted octanol–water partition coefficient (Wildman–Crippen LogP) is 6.03. The number of hydrogen-bond acceptors (Lipinski definition) is 2. The molecular weight excluding hydrogens is 348 g/mol. The molecule has 0 aliphatic heterocycles. The van der Waals surface area contributed by atoms with Crippen LogP contribution in [0.1, 0.15) is 83.7 Å². The number of unbranched alkanes of at least 4 members (excludes halogenated alkanes) is 9. The molecule has 0 radical (unpaired) electrons. The van der Waals surface area contributed by atoms with Gasteiger partial charge in [0.15, 0.2) is 5.69 Å². The first-order valence-corrected chi connectivity index (χ1v) is 10.8. The lowest BCUT2D eigenvalue weighted by atomic mass is 10.1. The number of aliphatic carboxylic acids is 1. The summed E-state index contributed by atoms with van der Waals surface area (Å²) in [6, 6.07) is 10.6. The highest BCUT2D eigenvalue weighted by atomic mass is 16.4. The third-order valence-electron chi connectivity index (χ3n) is 5.03. The van der Waals surface area contributed by atoms with Crippen molar-refractivity contribution in [3.63, 3.8) is 0 Å². The van der Waals surface area contributed by atoms with Gasteiger partial charge in [-0.2, -0.15) is 4.57 Å². The van der Waals surface area contributed by atoms with E-state index in [0.29, 0.717) is 0 Å². The molecule has 1 aromatic heterocycles. The number of carbonyl (C=O) groups is 1. The molecule has 0 aliphatic carbocycles. The fourth-order valence-electron chi connectivity index (χ4n) is 3.58. The molecule has 0 aliphatic rings. The summed E-state index contributed by atoms with van der Waals surface area (Å²) < 4.78 is 2.43. The molecule has 156 valence electrons. The van der Waals surface area contributed by atoms with E-state index < -0.39 is 5.97 Å². The molecule has 0 fully saturated rings. The van der Waals surface area contributed by atoms with E-state index in [4.69, 9.17) is 15.6 Å². The second-order valence-corrected chi connectivity index (χ2v) is 7.61. The van der Waals surface area contributed by atoms with Crippen molar-refractivity contribution in [2.24, 2.45) is 0 Å². The summed E-state index contributed by atoms with van der Waals surface area (Å²) in [7, 11) is 0. The van der Waals surface area contributed by atoms with Gasteiger partial charge in [0.2, 0.25) is 5.52 Å². The Hall–Kier alpha value is -2.10. The lowest BCUT2D eigenvalue weighted by Gasteiger charge is -2.07. The van der Waals surface area contributed by atoms with Crippen LogP contribution < -0.4 is 10.3 Å². The number of para-hydroxylation sites is 1. The van der Waals surface area contributed by atoms with Gasteiger partial charge in [0.1, 0.15) is 6.54 Å². The molecule has 3 N–H and O–H groups in total. The molecule has 4 heteroatoms. The van der Waals surface area contributed by atoms with E-state index in [9.17, 15) is 0 Å². The molecule has 0 spiro atoms. The summed E-state index contributed by atoms with van der Waals surface area (Å²) in [6.45, 7) is 6.63. The van der Waals surface area contributed by atoms with E-state index in [2.05, 4.69) is 48.7 Å². The minimum absolute atomic E-state index is 0.833. The van der Waals surface area contributed by atoms with Crippen molar-refractivity contribution >= 4 is 22.6 Å². The Bertz CT molecular complexity index is 709. The summed E-state index contributed by atoms with van der Waals surface area (Å²) in [5, 5.41) is 8.59. The molecule has 0 unspecified atom stereocenters. The zero-order valence-corrected chi connectivity index (χ0v) is 18.0. The van der Waals surface area contributed by atoms with Crippen molar-refractivity contribution in [1.82, 2.24) is 0 Å². The number of pyridine rings is 1. The van der Waals surface area contributed by atoms with Gasteiger partial charge >= 0.3 is 0 Å². The minimum Gasteiger partial charge on any atom is -0.481 e. The fraction of sp³-hybridized carbons (Fsp3) is 0.583. The first kappa shape index (κ1) is 23.9. The number of nitrogen functional groups attached to an aromatic ring is 1. The van der Waals surface area contributed by atoms with Crippen LogP contribution in [0.15, 0.2) is 30.3 Å². The number of benzene rings is 1. The number of carboxylic acids is 1. The minimum atomic E-state index is -0.833. The second kappa shape index (κ2) is 14.0. The van der Waals surface area contributed by atoms with Gasteiger partial charge < -0.3 is 10.8 Å². The molecule has 0 atom stereocenters. The van der Waals surface area contributed by atoms with Crippen molar-refractivity contribution in [3.8, 4) is 0 Å². The average Bonchev–Trinajstić information content (AvgIpc) is 2.65. The summed E-state index contributed by atoms with van der Waals surface area (Å²) in [4.78, 5) is 9.00. The first-order chi connectivity index (χ1) is 13.5. The molecule has 2 aromatic rings. The van der Waals surface area contributed by atoms with Crippen LogP contribution in [0.5, 0.6) is 0 Å². The first-order valence-electron chi connectivity index (χ1n) is 10.8. The average molecular weight is 388 g/mol. The highest BCUT2D eigenvalue weighted by molar-refractivity contribution is 5.87. The summed E-state index contributed by atoms with van der Waals surface area (Å²) >= 11 is 0. The highest BCUT2D eigenvalue weighted by Gasteiger charge is 2.14. The molecule has 0 saturated carbocycles. The number of anilines is 1. The van der Waals surface area contributed by atoms with Crippen LogP contribution in [0.4, 0.5) is 5.69 Å². The Morgan fingerprint density at radius 2 is 1.46 bits per heavy atom. The zero-order chi connectivity index (χ0) is 20.8. The SMILES string of the molecule is CC(=O)O.CCCCCCCCCCCC[n+]1c(C)cc(N)c2ccccc21. The zero-order valence-electron chi connectivity index (χ0n) is 18.0. The number of carboxylic acid groups (broad SMARTS) is 1. The van der Waals surface area contributed by atoms with Gasteiger partial charge in [-0.25, -0.2) is 0 Å². The smallest absolute Gasteiger partial charge is 0.300 e. The Morgan fingerprint density at radius 3 is 2.04 bits per heavy atom. The van der Waals surface area contributed by atoms with Crippen molar-refractivity contribution in [2.75, 3.05) is 5.73 Å². The van der Waals surface area contributed by atoms with Crippen LogP contribution in [0.3, 0.4) is 0 Å². The van der Waals surface area contributed by atoms with Crippen LogP contribution >= 0.6 is 0 Å². The fourth-order valence-corrected chi connectivity index (χ4v) is 3.58. The van der Waals surface area contributed by atoms with Gasteiger partial charge in [-0.15, -0.1) is 0 Å². The molecule has 0 amide bonds. The normalized spacial score (nSPS) is 10.5.